The van der Waals surface area contributed by atoms with Gasteiger partial charge in [0.05, 0.1) is 15.4 Å². The van der Waals surface area contributed by atoms with Crippen molar-refractivity contribution in [1.29, 1.82) is 0 Å². The first kappa shape index (κ1) is 19.2. The van der Waals surface area contributed by atoms with E-state index in [1.165, 1.54) is 61.7 Å². The number of pyridine rings is 1. The smallest absolute Gasteiger partial charge is 0.257 e. The molecule has 142 valence electrons. The topological polar surface area (TPSA) is 105 Å². The first-order valence-electron chi connectivity index (χ1n) is 8.30. The Hall–Kier alpha value is -3.52. The third-order valence-electron chi connectivity index (χ3n) is 3.83. The normalized spacial score (nSPS) is 10.9. The number of amides is 2. The van der Waals surface area contributed by atoms with E-state index in [2.05, 4.69) is 15.6 Å². The maximum Gasteiger partial charge on any atom is 0.257 e. The molecule has 0 fully saturated rings. The van der Waals surface area contributed by atoms with Crippen LogP contribution in [0.3, 0.4) is 0 Å². The molecule has 3 rings (SSSR count). The summed E-state index contributed by atoms with van der Waals surface area (Å²) in [5.74, 6) is -0.572. The van der Waals surface area contributed by atoms with E-state index in [-0.39, 0.29) is 21.6 Å². The van der Waals surface area contributed by atoms with Crippen molar-refractivity contribution in [3.63, 3.8) is 0 Å². The van der Waals surface area contributed by atoms with Crippen LogP contribution < -0.4 is 10.6 Å². The summed E-state index contributed by atoms with van der Waals surface area (Å²) in [5, 5.41) is 5.27. The van der Waals surface area contributed by atoms with Crippen LogP contribution in [0.4, 0.5) is 11.4 Å². The van der Waals surface area contributed by atoms with Gasteiger partial charge in [-0.25, -0.2) is 8.42 Å². The van der Waals surface area contributed by atoms with Crippen LogP contribution in [0.1, 0.15) is 17.3 Å². The van der Waals surface area contributed by atoms with Crippen LogP contribution in [0.2, 0.25) is 0 Å². The summed E-state index contributed by atoms with van der Waals surface area (Å²) in [4.78, 5) is 27.3. The predicted molar refractivity (Wildman–Crippen MR) is 105 cm³/mol. The number of nitrogens with zero attached hydrogens (tertiary/aromatic N) is 1. The highest BCUT2D eigenvalue weighted by atomic mass is 32.2. The minimum atomic E-state index is -3.72. The zero-order valence-corrected chi connectivity index (χ0v) is 15.7. The molecule has 2 amide bonds. The van der Waals surface area contributed by atoms with Gasteiger partial charge in [-0.1, -0.05) is 0 Å². The molecule has 2 aromatic carbocycles. The van der Waals surface area contributed by atoms with E-state index in [1.54, 1.807) is 18.3 Å². The van der Waals surface area contributed by atoms with Gasteiger partial charge in [-0.05, 0) is 60.7 Å². The standard InChI is InChI=1S/C20H17N3O4S/c1-14(24)22-16-4-8-18(9-5-16)28(26,27)19-10-6-17(7-11-19)23-20(25)15-3-2-12-21-13-15/h2-13H,1H3,(H,22,24)(H,23,25). The number of anilines is 2. The van der Waals surface area contributed by atoms with Gasteiger partial charge in [0.2, 0.25) is 15.7 Å². The molecule has 0 bridgehead atoms. The molecule has 0 aliphatic carbocycles. The van der Waals surface area contributed by atoms with E-state index < -0.39 is 9.84 Å². The van der Waals surface area contributed by atoms with Crippen molar-refractivity contribution in [3.8, 4) is 0 Å². The summed E-state index contributed by atoms with van der Waals surface area (Å²) < 4.78 is 25.5. The Morgan fingerprint density at radius 3 is 1.82 bits per heavy atom. The average Bonchev–Trinajstić information content (AvgIpc) is 2.69. The number of carbonyl (C=O) groups excluding carboxylic acids is 2. The van der Waals surface area contributed by atoms with Gasteiger partial charge in [0.25, 0.3) is 5.91 Å². The minimum Gasteiger partial charge on any atom is -0.326 e. The molecule has 7 nitrogen and oxygen atoms in total. The molecule has 28 heavy (non-hydrogen) atoms. The van der Waals surface area contributed by atoms with E-state index in [1.807, 2.05) is 0 Å². The maximum atomic E-state index is 12.7. The number of aromatic nitrogens is 1. The Labute approximate surface area is 162 Å². The van der Waals surface area contributed by atoms with Crippen LogP contribution in [0.25, 0.3) is 0 Å². The molecule has 0 spiro atoms. The van der Waals surface area contributed by atoms with Gasteiger partial charge in [-0.2, -0.15) is 0 Å². The lowest BCUT2D eigenvalue weighted by Crippen LogP contribution is -2.12. The number of rotatable bonds is 5. The number of nitrogens with one attached hydrogen (secondary N) is 2. The third-order valence-corrected chi connectivity index (χ3v) is 5.62. The summed E-state index contributed by atoms with van der Waals surface area (Å²) in [6.45, 7) is 1.37. The molecular formula is C20H17N3O4S. The van der Waals surface area contributed by atoms with E-state index >= 15 is 0 Å². The molecule has 3 aromatic rings. The van der Waals surface area contributed by atoms with Gasteiger partial charge >= 0.3 is 0 Å². The van der Waals surface area contributed by atoms with Crippen LogP contribution in [0, 0.1) is 0 Å². The molecule has 0 aliphatic rings. The van der Waals surface area contributed by atoms with Gasteiger partial charge in [0.1, 0.15) is 0 Å². The van der Waals surface area contributed by atoms with Crippen molar-refractivity contribution < 1.29 is 18.0 Å². The minimum absolute atomic E-state index is 0.0964. The molecule has 0 saturated carbocycles. The SMILES string of the molecule is CC(=O)Nc1ccc(S(=O)(=O)c2ccc(NC(=O)c3cccnc3)cc2)cc1. The second-order valence-corrected chi connectivity index (χ2v) is 7.88. The summed E-state index contributed by atoms with van der Waals surface area (Å²) in [6.07, 6.45) is 3.01. The van der Waals surface area contributed by atoms with E-state index in [0.717, 1.165) is 0 Å². The maximum absolute atomic E-state index is 12.7. The van der Waals surface area contributed by atoms with Gasteiger partial charge < -0.3 is 10.6 Å². The highest BCUT2D eigenvalue weighted by Gasteiger charge is 2.18. The molecule has 1 aromatic heterocycles. The van der Waals surface area contributed by atoms with Crippen molar-refractivity contribution in [2.24, 2.45) is 0 Å². The summed E-state index contributed by atoms with van der Waals surface area (Å²) >= 11 is 0. The largest absolute Gasteiger partial charge is 0.326 e. The Morgan fingerprint density at radius 2 is 1.36 bits per heavy atom. The summed E-state index contributed by atoms with van der Waals surface area (Å²) in [7, 11) is -3.72. The highest BCUT2D eigenvalue weighted by molar-refractivity contribution is 7.91. The van der Waals surface area contributed by atoms with Crippen LogP contribution in [0.15, 0.2) is 82.8 Å². The second kappa shape index (κ2) is 8.01. The molecule has 0 aliphatic heterocycles. The number of hydrogen-bond acceptors (Lipinski definition) is 5. The molecule has 0 radical (unpaired) electrons. The molecular weight excluding hydrogens is 378 g/mol. The summed E-state index contributed by atoms with van der Waals surface area (Å²) in [5.41, 5.74) is 1.38. The molecule has 2 N–H and O–H groups in total. The average molecular weight is 395 g/mol. The Morgan fingerprint density at radius 1 is 0.821 bits per heavy atom. The zero-order valence-electron chi connectivity index (χ0n) is 14.9. The van der Waals surface area contributed by atoms with E-state index in [4.69, 9.17) is 0 Å². The van der Waals surface area contributed by atoms with Gasteiger partial charge in [-0.3, -0.25) is 14.6 Å². The monoisotopic (exact) mass is 395 g/mol. The number of hydrogen-bond donors (Lipinski definition) is 2. The molecule has 0 unspecified atom stereocenters. The molecule has 1 heterocycles. The molecule has 0 atom stereocenters. The molecule has 8 heteroatoms. The molecule has 0 saturated heterocycles. The highest BCUT2D eigenvalue weighted by Crippen LogP contribution is 2.24. The number of carbonyl (C=O) groups is 2. The lowest BCUT2D eigenvalue weighted by molar-refractivity contribution is -0.114. The fraction of sp³-hybridized carbons (Fsp3) is 0.0500. The van der Waals surface area contributed by atoms with Crippen molar-refractivity contribution in [2.75, 3.05) is 10.6 Å². The van der Waals surface area contributed by atoms with Crippen LogP contribution in [0.5, 0.6) is 0 Å². The van der Waals surface area contributed by atoms with E-state index in [9.17, 15) is 18.0 Å². The van der Waals surface area contributed by atoms with Crippen molar-refractivity contribution in [2.45, 2.75) is 16.7 Å². The Balaban J connectivity index is 1.76. The lowest BCUT2D eigenvalue weighted by atomic mass is 10.2. The first-order valence-corrected chi connectivity index (χ1v) is 9.79. The predicted octanol–water partition coefficient (Wildman–Crippen LogP) is 3.13. The van der Waals surface area contributed by atoms with Crippen molar-refractivity contribution in [1.82, 2.24) is 4.98 Å². The fourth-order valence-corrected chi connectivity index (χ4v) is 3.74. The van der Waals surface area contributed by atoms with E-state index in [0.29, 0.717) is 16.9 Å². The van der Waals surface area contributed by atoms with Crippen LogP contribution >= 0.6 is 0 Å². The third kappa shape index (κ3) is 4.41. The lowest BCUT2D eigenvalue weighted by Gasteiger charge is -2.08. The fourth-order valence-electron chi connectivity index (χ4n) is 2.47. The first-order chi connectivity index (χ1) is 13.4. The number of sulfone groups is 1. The van der Waals surface area contributed by atoms with Gasteiger partial charge in [0.15, 0.2) is 0 Å². The Kier molecular flexibility index (Phi) is 5.51. The van der Waals surface area contributed by atoms with Crippen molar-refractivity contribution in [3.05, 3.63) is 78.6 Å². The number of benzene rings is 2. The zero-order chi connectivity index (χ0) is 20.1. The van der Waals surface area contributed by atoms with Crippen molar-refractivity contribution >= 4 is 33.0 Å². The van der Waals surface area contributed by atoms with Crippen LogP contribution in [-0.4, -0.2) is 25.2 Å². The van der Waals surface area contributed by atoms with Gasteiger partial charge in [0, 0.05) is 30.7 Å². The Bertz CT molecular complexity index is 1090. The summed E-state index contributed by atoms with van der Waals surface area (Å²) in [6, 6.07) is 15.1. The van der Waals surface area contributed by atoms with Crippen LogP contribution in [-0.2, 0) is 14.6 Å². The quantitative estimate of drug-likeness (QED) is 0.690. The van der Waals surface area contributed by atoms with Gasteiger partial charge in [-0.15, -0.1) is 0 Å². The second-order valence-electron chi connectivity index (χ2n) is 5.93.